The number of thiophene rings is 1. The van der Waals surface area contributed by atoms with Crippen LogP contribution in [0.1, 0.15) is 22.2 Å². The van der Waals surface area contributed by atoms with Crippen LogP contribution in [0.3, 0.4) is 0 Å². The Labute approximate surface area is 141 Å². The number of halogens is 2. The van der Waals surface area contributed by atoms with Gasteiger partial charge < -0.3 is 4.90 Å². The van der Waals surface area contributed by atoms with Crippen LogP contribution in [-0.4, -0.2) is 22.3 Å². The summed E-state index contributed by atoms with van der Waals surface area (Å²) in [5, 5.41) is 11.0. The minimum absolute atomic E-state index is 0.125. The number of carbonyl (C=O) groups excluding carboxylic acids is 1. The summed E-state index contributed by atoms with van der Waals surface area (Å²) in [6.07, 6.45) is 0. The molecular formula is C14H12Cl2N2O3S. The van der Waals surface area contributed by atoms with Crippen molar-refractivity contribution in [2.75, 3.05) is 6.54 Å². The summed E-state index contributed by atoms with van der Waals surface area (Å²) in [6.45, 7) is 2.66. The Morgan fingerprint density at radius 1 is 1.32 bits per heavy atom. The van der Waals surface area contributed by atoms with Crippen molar-refractivity contribution in [3.8, 4) is 0 Å². The van der Waals surface area contributed by atoms with Gasteiger partial charge in [0.1, 0.15) is 0 Å². The minimum Gasteiger partial charge on any atom is -0.334 e. The van der Waals surface area contributed by atoms with E-state index in [2.05, 4.69) is 0 Å². The van der Waals surface area contributed by atoms with Gasteiger partial charge in [-0.25, -0.2) is 0 Å². The van der Waals surface area contributed by atoms with Crippen LogP contribution < -0.4 is 0 Å². The van der Waals surface area contributed by atoms with E-state index < -0.39 is 4.92 Å². The van der Waals surface area contributed by atoms with Gasteiger partial charge in [0.05, 0.1) is 26.4 Å². The Morgan fingerprint density at radius 2 is 2.05 bits per heavy atom. The Hall–Kier alpha value is -1.63. The van der Waals surface area contributed by atoms with E-state index in [1.54, 1.807) is 11.0 Å². The Bertz CT molecular complexity index is 718. The number of rotatable bonds is 5. The number of amides is 1. The molecule has 0 atom stereocenters. The molecule has 0 N–H and O–H groups in total. The molecule has 0 bridgehead atoms. The van der Waals surface area contributed by atoms with Gasteiger partial charge in [-0.05, 0) is 25.1 Å². The van der Waals surface area contributed by atoms with Crippen LogP contribution in [0.15, 0.2) is 30.3 Å². The Balaban J connectivity index is 2.28. The van der Waals surface area contributed by atoms with E-state index in [4.69, 9.17) is 23.2 Å². The lowest BCUT2D eigenvalue weighted by Crippen LogP contribution is -2.30. The molecule has 1 heterocycles. The molecule has 1 aromatic heterocycles. The lowest BCUT2D eigenvalue weighted by Gasteiger charge is -2.20. The van der Waals surface area contributed by atoms with Gasteiger partial charge in [0, 0.05) is 23.6 Å². The molecule has 0 spiro atoms. The number of carbonyl (C=O) groups is 1. The fourth-order valence-corrected chi connectivity index (χ4v) is 3.21. The maximum absolute atomic E-state index is 12.6. The second-order valence-corrected chi connectivity index (χ2v) is 6.65. The summed E-state index contributed by atoms with van der Waals surface area (Å²) in [5.74, 6) is -0.347. The molecule has 0 radical (unpaired) electrons. The highest BCUT2D eigenvalue weighted by Crippen LogP contribution is 2.26. The van der Waals surface area contributed by atoms with E-state index in [0.717, 1.165) is 4.88 Å². The second-order valence-electron chi connectivity index (χ2n) is 4.45. The first kappa shape index (κ1) is 16.7. The fraction of sp³-hybridized carbons (Fsp3) is 0.214. The van der Waals surface area contributed by atoms with Crippen molar-refractivity contribution in [2.45, 2.75) is 13.5 Å². The first-order valence-corrected chi connectivity index (χ1v) is 7.97. The number of hydrogen-bond acceptors (Lipinski definition) is 4. The predicted molar refractivity (Wildman–Crippen MR) is 87.8 cm³/mol. The normalized spacial score (nSPS) is 10.5. The van der Waals surface area contributed by atoms with E-state index in [1.165, 1.54) is 29.5 Å². The summed E-state index contributed by atoms with van der Waals surface area (Å²) in [4.78, 5) is 25.4. The fourth-order valence-electron chi connectivity index (χ4n) is 1.91. The van der Waals surface area contributed by atoms with E-state index in [9.17, 15) is 14.9 Å². The predicted octanol–water partition coefficient (Wildman–Crippen LogP) is 4.63. The van der Waals surface area contributed by atoms with Crippen LogP contribution in [0.4, 0.5) is 5.69 Å². The summed E-state index contributed by atoms with van der Waals surface area (Å²) >= 11 is 13.3. The Kier molecular flexibility index (Phi) is 5.39. The maximum atomic E-state index is 12.6. The van der Waals surface area contributed by atoms with Crippen LogP contribution in [0, 0.1) is 10.1 Å². The first-order valence-electron chi connectivity index (χ1n) is 6.39. The number of nitrogens with zero attached hydrogens (tertiary/aromatic N) is 2. The zero-order chi connectivity index (χ0) is 16.3. The minimum atomic E-state index is -0.553. The number of nitro benzene ring substituents is 1. The van der Waals surface area contributed by atoms with E-state index in [0.29, 0.717) is 17.4 Å². The molecule has 5 nitrogen and oxygen atoms in total. The molecule has 0 aliphatic heterocycles. The van der Waals surface area contributed by atoms with Crippen LogP contribution in [-0.2, 0) is 6.54 Å². The zero-order valence-electron chi connectivity index (χ0n) is 11.6. The molecule has 0 saturated carbocycles. The van der Waals surface area contributed by atoms with Gasteiger partial charge in [0.2, 0.25) is 0 Å². The van der Waals surface area contributed by atoms with Crippen molar-refractivity contribution in [3.05, 3.63) is 60.2 Å². The van der Waals surface area contributed by atoms with E-state index >= 15 is 0 Å². The van der Waals surface area contributed by atoms with Crippen LogP contribution in [0.5, 0.6) is 0 Å². The maximum Gasteiger partial charge on any atom is 0.270 e. The third kappa shape index (κ3) is 3.76. The van der Waals surface area contributed by atoms with Gasteiger partial charge in [0.25, 0.3) is 11.6 Å². The first-order chi connectivity index (χ1) is 10.4. The average molecular weight is 359 g/mol. The molecule has 2 rings (SSSR count). The summed E-state index contributed by atoms with van der Waals surface area (Å²) in [6, 6.07) is 7.45. The van der Waals surface area contributed by atoms with Gasteiger partial charge in [0.15, 0.2) is 0 Å². The van der Waals surface area contributed by atoms with Crippen molar-refractivity contribution in [1.82, 2.24) is 4.90 Å². The molecule has 1 aromatic carbocycles. The largest absolute Gasteiger partial charge is 0.334 e. The van der Waals surface area contributed by atoms with Gasteiger partial charge >= 0.3 is 0 Å². The highest BCUT2D eigenvalue weighted by Gasteiger charge is 2.21. The molecular weight excluding hydrogens is 347 g/mol. The monoisotopic (exact) mass is 358 g/mol. The average Bonchev–Trinajstić information content (AvgIpc) is 2.89. The van der Waals surface area contributed by atoms with E-state index in [1.807, 2.05) is 13.0 Å². The lowest BCUT2D eigenvalue weighted by atomic mass is 10.1. The number of hydrogen-bond donors (Lipinski definition) is 0. The highest BCUT2D eigenvalue weighted by molar-refractivity contribution is 7.16. The summed E-state index contributed by atoms with van der Waals surface area (Å²) < 4.78 is 0.645. The van der Waals surface area contributed by atoms with Crippen molar-refractivity contribution >= 4 is 46.1 Å². The third-order valence-electron chi connectivity index (χ3n) is 3.04. The van der Waals surface area contributed by atoms with Crippen molar-refractivity contribution in [3.63, 3.8) is 0 Å². The third-order valence-corrected chi connectivity index (χ3v) is 4.58. The van der Waals surface area contributed by atoms with Crippen LogP contribution >= 0.6 is 34.5 Å². The molecule has 1 amide bonds. The number of benzene rings is 1. The lowest BCUT2D eigenvalue weighted by molar-refractivity contribution is -0.384. The highest BCUT2D eigenvalue weighted by atomic mass is 35.5. The molecule has 0 aliphatic carbocycles. The number of non-ortho nitro benzene ring substituents is 1. The second kappa shape index (κ2) is 7.09. The van der Waals surface area contributed by atoms with Crippen molar-refractivity contribution < 1.29 is 9.72 Å². The van der Waals surface area contributed by atoms with Gasteiger partial charge in [-0.15, -0.1) is 11.3 Å². The molecule has 8 heteroatoms. The van der Waals surface area contributed by atoms with Crippen LogP contribution in [0.25, 0.3) is 0 Å². The zero-order valence-corrected chi connectivity index (χ0v) is 13.9. The molecule has 0 saturated heterocycles. The summed E-state index contributed by atoms with van der Waals surface area (Å²) in [5.41, 5.74) is -0.0386. The molecule has 0 fully saturated rings. The topological polar surface area (TPSA) is 63.5 Å². The van der Waals surface area contributed by atoms with Crippen molar-refractivity contribution in [1.29, 1.82) is 0 Å². The van der Waals surface area contributed by atoms with E-state index in [-0.39, 0.29) is 22.2 Å². The van der Waals surface area contributed by atoms with Crippen LogP contribution in [0.2, 0.25) is 9.36 Å². The summed E-state index contributed by atoms with van der Waals surface area (Å²) in [7, 11) is 0. The smallest absolute Gasteiger partial charge is 0.270 e. The quantitative estimate of drug-likeness (QED) is 0.578. The molecule has 22 heavy (non-hydrogen) atoms. The molecule has 116 valence electrons. The molecule has 0 unspecified atom stereocenters. The van der Waals surface area contributed by atoms with Gasteiger partial charge in [-0.2, -0.15) is 0 Å². The van der Waals surface area contributed by atoms with Gasteiger partial charge in [-0.3, -0.25) is 14.9 Å². The van der Waals surface area contributed by atoms with Crippen molar-refractivity contribution in [2.24, 2.45) is 0 Å². The SMILES string of the molecule is CCN(Cc1ccc(Cl)s1)C(=O)c1cc([N+](=O)[O-])ccc1Cl. The molecule has 0 aliphatic rings. The van der Waals surface area contributed by atoms with Gasteiger partial charge in [-0.1, -0.05) is 23.2 Å². The number of nitro groups is 1. The molecule has 2 aromatic rings. The standard InChI is InChI=1S/C14H12Cl2N2O3S/c1-2-17(8-10-4-6-13(16)22-10)14(19)11-7-9(18(20)21)3-5-12(11)15/h3-7H,2,8H2,1H3. The Morgan fingerprint density at radius 3 is 2.59 bits per heavy atom.